The number of pyridine rings is 1. The number of anilines is 2. The first kappa shape index (κ1) is 19.5. The van der Waals surface area contributed by atoms with Crippen LogP contribution in [0.4, 0.5) is 11.5 Å². The van der Waals surface area contributed by atoms with Gasteiger partial charge in [0.15, 0.2) is 5.82 Å². The molecular formula is C21H25N5O2. The van der Waals surface area contributed by atoms with E-state index >= 15 is 0 Å². The molecule has 0 aliphatic carbocycles. The Balaban J connectivity index is 1.72. The van der Waals surface area contributed by atoms with Crippen LogP contribution in [-0.4, -0.2) is 34.6 Å². The van der Waals surface area contributed by atoms with Gasteiger partial charge in [0.25, 0.3) is 5.89 Å². The molecule has 0 aliphatic rings. The van der Waals surface area contributed by atoms with Crippen molar-refractivity contribution in [1.29, 1.82) is 0 Å². The predicted molar refractivity (Wildman–Crippen MR) is 109 cm³/mol. The van der Waals surface area contributed by atoms with Gasteiger partial charge in [-0.2, -0.15) is 4.98 Å². The molecule has 2 aromatic heterocycles. The van der Waals surface area contributed by atoms with Gasteiger partial charge >= 0.3 is 0 Å². The van der Waals surface area contributed by atoms with Gasteiger partial charge in [-0.05, 0) is 37.1 Å². The van der Waals surface area contributed by atoms with E-state index in [1.165, 1.54) is 0 Å². The maximum atomic E-state index is 12.5. The van der Waals surface area contributed by atoms with Crippen LogP contribution in [0.3, 0.4) is 0 Å². The number of hydrogen-bond acceptors (Lipinski definition) is 6. The van der Waals surface area contributed by atoms with E-state index in [1.54, 1.807) is 11.1 Å². The maximum absolute atomic E-state index is 12.5. The Morgan fingerprint density at radius 1 is 1.21 bits per heavy atom. The first-order valence-corrected chi connectivity index (χ1v) is 9.22. The van der Waals surface area contributed by atoms with E-state index in [4.69, 9.17) is 4.52 Å². The molecule has 0 aliphatic heterocycles. The minimum absolute atomic E-state index is 0.105. The standard InChI is InChI=1S/C21H25N5O2/c1-13(2)20-24-21(28-25-20)16-9-10-22-17(11-16)26(5)12-18(27)23-19-14(3)7-6-8-15(19)4/h6-11,13H,12H2,1-5H3,(H,23,27). The van der Waals surface area contributed by atoms with Crippen LogP contribution in [0, 0.1) is 13.8 Å². The topological polar surface area (TPSA) is 84.2 Å². The second kappa shape index (κ2) is 8.21. The fourth-order valence-electron chi connectivity index (χ4n) is 2.83. The Hall–Kier alpha value is -3.22. The van der Waals surface area contributed by atoms with Gasteiger partial charge in [0, 0.05) is 30.4 Å². The van der Waals surface area contributed by atoms with Crippen molar-refractivity contribution < 1.29 is 9.32 Å². The minimum atomic E-state index is -0.105. The second-order valence-corrected chi connectivity index (χ2v) is 7.19. The third-order valence-electron chi connectivity index (χ3n) is 4.47. The molecule has 0 saturated heterocycles. The number of carbonyl (C=O) groups is 1. The largest absolute Gasteiger partial charge is 0.350 e. The third kappa shape index (κ3) is 4.36. The summed E-state index contributed by atoms with van der Waals surface area (Å²) < 4.78 is 5.35. The fraction of sp³-hybridized carbons (Fsp3) is 0.333. The number of benzene rings is 1. The zero-order chi connectivity index (χ0) is 20.3. The molecule has 7 nitrogen and oxygen atoms in total. The molecule has 3 rings (SSSR count). The predicted octanol–water partition coefficient (Wildman–Crippen LogP) is 3.95. The first-order valence-electron chi connectivity index (χ1n) is 9.22. The summed E-state index contributed by atoms with van der Waals surface area (Å²) >= 11 is 0. The second-order valence-electron chi connectivity index (χ2n) is 7.19. The van der Waals surface area contributed by atoms with Gasteiger partial charge in [0.05, 0.1) is 6.54 Å². The summed E-state index contributed by atoms with van der Waals surface area (Å²) in [6, 6.07) is 9.58. The van der Waals surface area contributed by atoms with E-state index < -0.39 is 0 Å². The number of carbonyl (C=O) groups excluding carboxylic acids is 1. The Labute approximate surface area is 164 Å². The molecule has 0 spiro atoms. The molecule has 0 atom stereocenters. The Morgan fingerprint density at radius 3 is 2.57 bits per heavy atom. The summed E-state index contributed by atoms with van der Waals surface area (Å²) in [6.45, 7) is 8.15. The van der Waals surface area contributed by atoms with Crippen LogP contribution in [0.5, 0.6) is 0 Å². The van der Waals surface area contributed by atoms with Crippen molar-refractivity contribution in [1.82, 2.24) is 15.1 Å². The highest BCUT2D eigenvalue weighted by Gasteiger charge is 2.15. The van der Waals surface area contributed by atoms with Gasteiger partial charge in [0.2, 0.25) is 5.91 Å². The van der Waals surface area contributed by atoms with Crippen LogP contribution >= 0.6 is 0 Å². The number of nitrogens with zero attached hydrogens (tertiary/aromatic N) is 4. The highest BCUT2D eigenvalue weighted by molar-refractivity contribution is 5.95. The molecule has 1 N–H and O–H groups in total. The molecule has 0 saturated carbocycles. The van der Waals surface area contributed by atoms with Crippen LogP contribution in [0.1, 0.15) is 36.7 Å². The number of aromatic nitrogens is 3. The summed E-state index contributed by atoms with van der Waals surface area (Å²) in [7, 11) is 1.82. The Morgan fingerprint density at radius 2 is 1.93 bits per heavy atom. The summed E-state index contributed by atoms with van der Waals surface area (Å²) in [5.74, 6) is 1.84. The molecule has 1 amide bonds. The van der Waals surface area contributed by atoms with E-state index in [0.29, 0.717) is 17.5 Å². The van der Waals surface area contributed by atoms with E-state index in [2.05, 4.69) is 20.4 Å². The van der Waals surface area contributed by atoms with Crippen molar-refractivity contribution in [3.63, 3.8) is 0 Å². The van der Waals surface area contributed by atoms with Crippen molar-refractivity contribution in [2.45, 2.75) is 33.6 Å². The van der Waals surface area contributed by atoms with Crippen LogP contribution < -0.4 is 10.2 Å². The number of nitrogens with one attached hydrogen (secondary N) is 1. The monoisotopic (exact) mass is 379 g/mol. The lowest BCUT2D eigenvalue weighted by Gasteiger charge is -2.19. The van der Waals surface area contributed by atoms with Gasteiger partial charge in [-0.1, -0.05) is 37.2 Å². The van der Waals surface area contributed by atoms with Gasteiger partial charge in [-0.3, -0.25) is 4.79 Å². The quantitative estimate of drug-likeness (QED) is 0.698. The number of rotatable bonds is 6. The molecular weight excluding hydrogens is 354 g/mol. The summed E-state index contributed by atoms with van der Waals surface area (Å²) in [6.07, 6.45) is 1.67. The number of hydrogen-bond donors (Lipinski definition) is 1. The number of likely N-dealkylation sites (N-methyl/N-ethyl adjacent to an activating group) is 1. The fourth-order valence-corrected chi connectivity index (χ4v) is 2.83. The summed E-state index contributed by atoms with van der Waals surface area (Å²) in [5, 5.41) is 6.99. The van der Waals surface area contributed by atoms with Crippen LogP contribution in [0.15, 0.2) is 41.1 Å². The van der Waals surface area contributed by atoms with Crippen LogP contribution in [0.2, 0.25) is 0 Å². The molecule has 146 valence electrons. The molecule has 1 aromatic carbocycles. The average molecular weight is 379 g/mol. The van der Waals surface area contributed by atoms with Gasteiger partial charge in [0.1, 0.15) is 5.82 Å². The smallest absolute Gasteiger partial charge is 0.258 e. The van der Waals surface area contributed by atoms with Crippen LogP contribution in [-0.2, 0) is 4.79 Å². The normalized spacial score (nSPS) is 10.9. The zero-order valence-corrected chi connectivity index (χ0v) is 16.9. The van der Waals surface area contributed by atoms with E-state index in [1.807, 2.05) is 65.1 Å². The molecule has 0 bridgehead atoms. The van der Waals surface area contributed by atoms with E-state index in [9.17, 15) is 4.79 Å². The van der Waals surface area contributed by atoms with Crippen molar-refractivity contribution in [2.24, 2.45) is 0 Å². The lowest BCUT2D eigenvalue weighted by Crippen LogP contribution is -2.31. The zero-order valence-electron chi connectivity index (χ0n) is 16.9. The van der Waals surface area contributed by atoms with E-state index in [0.717, 1.165) is 22.4 Å². The van der Waals surface area contributed by atoms with Crippen molar-refractivity contribution in [3.8, 4) is 11.5 Å². The first-order chi connectivity index (χ1) is 13.3. The van der Waals surface area contributed by atoms with Crippen molar-refractivity contribution in [2.75, 3.05) is 23.8 Å². The lowest BCUT2D eigenvalue weighted by atomic mass is 10.1. The van der Waals surface area contributed by atoms with Crippen LogP contribution in [0.25, 0.3) is 11.5 Å². The van der Waals surface area contributed by atoms with Gasteiger partial charge in [-0.25, -0.2) is 4.98 Å². The van der Waals surface area contributed by atoms with Gasteiger partial charge < -0.3 is 14.7 Å². The molecule has 0 radical (unpaired) electrons. The SMILES string of the molecule is Cc1cccc(C)c1NC(=O)CN(C)c1cc(-c2nc(C(C)C)no2)ccn1. The van der Waals surface area contributed by atoms with E-state index in [-0.39, 0.29) is 18.4 Å². The van der Waals surface area contributed by atoms with Gasteiger partial charge in [-0.15, -0.1) is 0 Å². The summed E-state index contributed by atoms with van der Waals surface area (Å²) in [5.41, 5.74) is 3.70. The highest BCUT2D eigenvalue weighted by atomic mass is 16.5. The lowest BCUT2D eigenvalue weighted by molar-refractivity contribution is -0.114. The number of para-hydroxylation sites is 1. The number of amides is 1. The molecule has 7 heteroatoms. The molecule has 3 aromatic rings. The maximum Gasteiger partial charge on any atom is 0.258 e. The van der Waals surface area contributed by atoms with Crippen molar-refractivity contribution >= 4 is 17.4 Å². The minimum Gasteiger partial charge on any atom is -0.350 e. The molecule has 2 heterocycles. The Bertz CT molecular complexity index is 960. The molecule has 0 unspecified atom stereocenters. The molecule has 28 heavy (non-hydrogen) atoms. The Kier molecular flexibility index (Phi) is 5.73. The average Bonchev–Trinajstić information content (AvgIpc) is 3.15. The molecule has 0 fully saturated rings. The summed E-state index contributed by atoms with van der Waals surface area (Å²) in [4.78, 5) is 23.1. The third-order valence-corrected chi connectivity index (χ3v) is 4.47. The highest BCUT2D eigenvalue weighted by Crippen LogP contribution is 2.23. The number of aryl methyl sites for hydroxylation is 2. The van der Waals surface area contributed by atoms with Crippen molar-refractivity contribution in [3.05, 3.63) is 53.5 Å².